The molecule has 1 aromatic carbocycles. The van der Waals surface area contributed by atoms with Crippen molar-refractivity contribution in [2.45, 2.75) is 51.6 Å². The van der Waals surface area contributed by atoms with Gasteiger partial charge in [-0.15, -0.1) is 0 Å². The number of nitrogens with zero attached hydrogens (tertiary/aromatic N) is 4. The smallest absolute Gasteiger partial charge is 0.272 e. The number of piperidine rings is 1. The van der Waals surface area contributed by atoms with E-state index in [9.17, 15) is 9.18 Å². The van der Waals surface area contributed by atoms with Crippen LogP contribution in [0.2, 0.25) is 0 Å². The van der Waals surface area contributed by atoms with Gasteiger partial charge < -0.3 is 9.32 Å². The Morgan fingerprint density at radius 3 is 2.97 bits per heavy atom. The highest BCUT2D eigenvalue weighted by Gasteiger charge is 2.33. The minimum atomic E-state index is -0.270. The molecule has 1 saturated heterocycles. The third kappa shape index (κ3) is 4.09. The highest BCUT2D eigenvalue weighted by atomic mass is 19.1. The van der Waals surface area contributed by atoms with Gasteiger partial charge in [-0.2, -0.15) is 5.10 Å². The summed E-state index contributed by atoms with van der Waals surface area (Å²) in [6, 6.07) is 8.11. The van der Waals surface area contributed by atoms with Crippen LogP contribution in [-0.4, -0.2) is 32.1 Å². The Balaban J connectivity index is 1.56. The summed E-state index contributed by atoms with van der Waals surface area (Å²) >= 11 is 0. The Hall–Kier alpha value is -2.96. The van der Waals surface area contributed by atoms with Crippen molar-refractivity contribution in [2.24, 2.45) is 0 Å². The van der Waals surface area contributed by atoms with E-state index in [2.05, 4.69) is 10.1 Å². The number of carbonyl (C=O) groups is 1. The van der Waals surface area contributed by atoms with Gasteiger partial charge in [0.1, 0.15) is 23.3 Å². The number of aromatic nitrogens is 3. The molecule has 3 aromatic rings. The van der Waals surface area contributed by atoms with Gasteiger partial charge in [-0.05, 0) is 56.9 Å². The van der Waals surface area contributed by atoms with E-state index in [4.69, 9.17) is 4.42 Å². The first-order chi connectivity index (χ1) is 14.0. The zero-order valence-electron chi connectivity index (χ0n) is 16.7. The quantitative estimate of drug-likeness (QED) is 0.635. The molecule has 0 N–H and O–H groups in total. The molecule has 0 aliphatic carbocycles. The molecule has 7 heteroatoms. The maximum absolute atomic E-state index is 13.4. The maximum atomic E-state index is 13.4. The van der Waals surface area contributed by atoms with Gasteiger partial charge in [-0.1, -0.05) is 12.1 Å². The van der Waals surface area contributed by atoms with Crippen molar-refractivity contribution in [3.8, 4) is 0 Å². The molecule has 0 spiro atoms. The van der Waals surface area contributed by atoms with E-state index in [0.717, 1.165) is 24.8 Å². The van der Waals surface area contributed by atoms with Crippen LogP contribution in [0.1, 0.15) is 72.9 Å². The Bertz CT molecular complexity index is 994. The van der Waals surface area contributed by atoms with Crippen LogP contribution in [0.4, 0.5) is 4.39 Å². The van der Waals surface area contributed by atoms with E-state index in [-0.39, 0.29) is 23.8 Å². The summed E-state index contributed by atoms with van der Waals surface area (Å²) in [6.45, 7) is 4.67. The lowest BCUT2D eigenvalue weighted by atomic mass is 10.0. The summed E-state index contributed by atoms with van der Waals surface area (Å²) in [6.07, 6.45) is 6.58. The first kappa shape index (κ1) is 19.4. The van der Waals surface area contributed by atoms with Gasteiger partial charge in [0.2, 0.25) is 5.89 Å². The summed E-state index contributed by atoms with van der Waals surface area (Å²) in [5.41, 5.74) is 1.41. The van der Waals surface area contributed by atoms with Crippen molar-refractivity contribution in [3.05, 3.63) is 71.5 Å². The van der Waals surface area contributed by atoms with Crippen molar-refractivity contribution >= 4 is 5.91 Å². The average molecular weight is 396 g/mol. The number of amides is 1. The van der Waals surface area contributed by atoms with Crippen LogP contribution in [0.5, 0.6) is 0 Å². The van der Waals surface area contributed by atoms with Crippen molar-refractivity contribution in [1.82, 2.24) is 19.7 Å². The zero-order chi connectivity index (χ0) is 20.4. The fourth-order valence-corrected chi connectivity index (χ4v) is 3.88. The molecular formula is C22H25FN4O2. The lowest BCUT2D eigenvalue weighted by Crippen LogP contribution is -2.39. The Morgan fingerprint density at radius 2 is 2.17 bits per heavy atom. The highest BCUT2D eigenvalue weighted by molar-refractivity contribution is 5.92. The van der Waals surface area contributed by atoms with Gasteiger partial charge in [-0.3, -0.25) is 9.48 Å². The molecule has 4 rings (SSSR count). The predicted octanol–water partition coefficient (Wildman–Crippen LogP) is 4.55. The monoisotopic (exact) mass is 396 g/mol. The van der Waals surface area contributed by atoms with Crippen molar-refractivity contribution < 1.29 is 13.6 Å². The topological polar surface area (TPSA) is 64.2 Å². The van der Waals surface area contributed by atoms with Crippen molar-refractivity contribution in [1.29, 1.82) is 0 Å². The molecule has 152 valence electrons. The minimum Gasteiger partial charge on any atom is -0.443 e. The second-order valence-electron chi connectivity index (χ2n) is 7.74. The molecule has 1 fully saturated rings. The number of halogens is 1. The maximum Gasteiger partial charge on any atom is 0.272 e. The van der Waals surface area contributed by atoms with Gasteiger partial charge in [0, 0.05) is 25.2 Å². The summed E-state index contributed by atoms with van der Waals surface area (Å²) < 4.78 is 21.2. The first-order valence-corrected chi connectivity index (χ1v) is 10.1. The van der Waals surface area contributed by atoms with Crippen LogP contribution in [0.25, 0.3) is 0 Å². The second-order valence-corrected chi connectivity index (χ2v) is 7.74. The highest BCUT2D eigenvalue weighted by Crippen LogP contribution is 2.32. The Kier molecular flexibility index (Phi) is 5.47. The molecule has 3 heterocycles. The average Bonchev–Trinajstić information content (AvgIpc) is 3.37. The molecule has 1 atom stereocenters. The Labute approximate surface area is 169 Å². The summed E-state index contributed by atoms with van der Waals surface area (Å²) in [5, 5.41) is 4.29. The van der Waals surface area contributed by atoms with Crippen molar-refractivity contribution in [2.75, 3.05) is 6.54 Å². The number of oxazole rings is 1. The predicted molar refractivity (Wildman–Crippen MR) is 106 cm³/mol. The van der Waals surface area contributed by atoms with E-state index in [1.807, 2.05) is 24.8 Å². The van der Waals surface area contributed by atoms with Gasteiger partial charge in [0.05, 0.1) is 6.20 Å². The molecule has 2 aromatic heterocycles. The number of hydrogen-bond donors (Lipinski definition) is 0. The van der Waals surface area contributed by atoms with Crippen LogP contribution in [0.15, 0.2) is 47.1 Å². The number of likely N-dealkylation sites (tertiary alicyclic amines) is 1. The third-order valence-electron chi connectivity index (χ3n) is 5.27. The van der Waals surface area contributed by atoms with Gasteiger partial charge >= 0.3 is 0 Å². The van der Waals surface area contributed by atoms with Crippen LogP contribution in [-0.2, 0) is 6.42 Å². The van der Waals surface area contributed by atoms with Crippen LogP contribution >= 0.6 is 0 Å². The van der Waals surface area contributed by atoms with Crippen molar-refractivity contribution in [3.63, 3.8) is 0 Å². The molecular weight excluding hydrogens is 371 g/mol. The molecule has 1 aliphatic rings. The zero-order valence-corrected chi connectivity index (χ0v) is 16.7. The molecule has 6 nitrogen and oxygen atoms in total. The van der Waals surface area contributed by atoms with E-state index in [1.54, 1.807) is 29.2 Å². The van der Waals surface area contributed by atoms with Gasteiger partial charge in [0.15, 0.2) is 0 Å². The summed E-state index contributed by atoms with van der Waals surface area (Å²) in [5.74, 6) is 0.884. The molecule has 0 saturated carbocycles. The summed E-state index contributed by atoms with van der Waals surface area (Å²) in [4.78, 5) is 19.6. The number of rotatable bonds is 5. The Morgan fingerprint density at radius 1 is 1.31 bits per heavy atom. The number of hydrogen-bond acceptors (Lipinski definition) is 4. The number of benzene rings is 1. The lowest BCUT2D eigenvalue weighted by molar-refractivity contribution is 0.0555. The molecule has 29 heavy (non-hydrogen) atoms. The summed E-state index contributed by atoms with van der Waals surface area (Å²) in [7, 11) is 0. The van der Waals surface area contributed by atoms with Crippen LogP contribution in [0, 0.1) is 5.82 Å². The minimum absolute atomic E-state index is 0.0502. The molecule has 1 aliphatic heterocycles. The molecule has 1 amide bonds. The van der Waals surface area contributed by atoms with E-state index >= 15 is 0 Å². The van der Waals surface area contributed by atoms with Crippen LogP contribution < -0.4 is 0 Å². The lowest BCUT2D eigenvalue weighted by Gasteiger charge is -2.34. The van der Waals surface area contributed by atoms with E-state index < -0.39 is 0 Å². The molecule has 0 radical (unpaired) electrons. The normalized spacial score (nSPS) is 17.1. The second kappa shape index (κ2) is 8.19. The van der Waals surface area contributed by atoms with Crippen LogP contribution in [0.3, 0.4) is 0 Å². The standard InChI is InChI=1S/C22H25FN4O2/c1-15(2)27-20(9-10-25-27)22(28)26-11-4-3-8-19(26)21-24-14-18(29-21)13-16-6-5-7-17(23)12-16/h5-7,9-10,12,14-15,19H,3-4,8,11,13H2,1-2H3/t19-/m1/s1. The molecule has 0 unspecified atom stereocenters. The fraction of sp³-hybridized carbons (Fsp3) is 0.409. The van der Waals surface area contributed by atoms with E-state index in [1.165, 1.54) is 12.1 Å². The number of carbonyl (C=O) groups excluding carboxylic acids is 1. The van der Waals surface area contributed by atoms with Gasteiger partial charge in [-0.25, -0.2) is 9.37 Å². The largest absolute Gasteiger partial charge is 0.443 e. The fourth-order valence-electron chi connectivity index (χ4n) is 3.88. The molecule has 0 bridgehead atoms. The van der Waals surface area contributed by atoms with Gasteiger partial charge in [0.25, 0.3) is 5.91 Å². The third-order valence-corrected chi connectivity index (χ3v) is 5.27. The van der Waals surface area contributed by atoms with E-state index in [0.29, 0.717) is 30.3 Å². The first-order valence-electron chi connectivity index (χ1n) is 10.1. The SMILES string of the molecule is CC(C)n1nccc1C(=O)N1CCCC[C@@H]1c1ncc(Cc2cccc(F)c2)o1.